The average Bonchev–Trinajstić information content (AvgIpc) is 2.41. The summed E-state index contributed by atoms with van der Waals surface area (Å²) in [6.45, 7) is 2.46. The van der Waals surface area contributed by atoms with Crippen molar-refractivity contribution in [2.45, 2.75) is 38.5 Å². The molecular weight excluding hydrogens is 178 g/mol. The summed E-state index contributed by atoms with van der Waals surface area (Å²) in [7, 11) is 0. The van der Waals surface area contributed by atoms with E-state index in [9.17, 15) is 0 Å². The van der Waals surface area contributed by atoms with Gasteiger partial charge in [0, 0.05) is 12.3 Å². The van der Waals surface area contributed by atoms with Crippen LogP contribution < -0.4 is 5.32 Å². The molecule has 1 saturated carbocycles. The number of hydrogen-bond donors (Lipinski definition) is 1. The SMILES string of the molecule is CSCCNCC1CCCCCC1. The number of nitrogens with one attached hydrogen (secondary N) is 1. The van der Waals surface area contributed by atoms with E-state index < -0.39 is 0 Å². The Kier molecular flexibility index (Phi) is 6.73. The Balaban J connectivity index is 1.98. The molecule has 0 saturated heterocycles. The summed E-state index contributed by atoms with van der Waals surface area (Å²) >= 11 is 1.93. The first kappa shape index (κ1) is 11.4. The molecule has 1 fully saturated rings. The van der Waals surface area contributed by atoms with Crippen molar-refractivity contribution in [1.82, 2.24) is 5.32 Å². The first-order chi connectivity index (χ1) is 6.43. The zero-order chi connectivity index (χ0) is 9.36. The summed E-state index contributed by atoms with van der Waals surface area (Å²) in [4.78, 5) is 0. The molecule has 0 aromatic carbocycles. The summed E-state index contributed by atoms with van der Waals surface area (Å²) in [5.41, 5.74) is 0. The van der Waals surface area contributed by atoms with Gasteiger partial charge in [0.05, 0.1) is 0 Å². The molecule has 78 valence electrons. The van der Waals surface area contributed by atoms with Gasteiger partial charge in [0.15, 0.2) is 0 Å². The van der Waals surface area contributed by atoms with Gasteiger partial charge >= 0.3 is 0 Å². The highest BCUT2D eigenvalue weighted by Crippen LogP contribution is 2.21. The van der Waals surface area contributed by atoms with Crippen molar-refractivity contribution in [2.24, 2.45) is 5.92 Å². The molecule has 0 aromatic heterocycles. The van der Waals surface area contributed by atoms with Gasteiger partial charge in [-0.15, -0.1) is 0 Å². The van der Waals surface area contributed by atoms with Crippen molar-refractivity contribution in [3.8, 4) is 0 Å². The van der Waals surface area contributed by atoms with Crippen molar-refractivity contribution in [1.29, 1.82) is 0 Å². The third-order valence-corrected chi connectivity index (χ3v) is 3.50. The largest absolute Gasteiger partial charge is 0.316 e. The second kappa shape index (κ2) is 7.69. The van der Waals surface area contributed by atoms with Crippen LogP contribution in [0.5, 0.6) is 0 Å². The van der Waals surface area contributed by atoms with E-state index >= 15 is 0 Å². The highest BCUT2D eigenvalue weighted by Gasteiger charge is 2.10. The summed E-state index contributed by atoms with van der Waals surface area (Å²) in [5.74, 6) is 2.23. The van der Waals surface area contributed by atoms with Gasteiger partial charge in [-0.3, -0.25) is 0 Å². The van der Waals surface area contributed by atoms with Crippen LogP contribution in [0.4, 0.5) is 0 Å². The molecule has 1 N–H and O–H groups in total. The van der Waals surface area contributed by atoms with E-state index in [2.05, 4.69) is 11.6 Å². The van der Waals surface area contributed by atoms with Gasteiger partial charge in [-0.25, -0.2) is 0 Å². The number of rotatable bonds is 5. The highest BCUT2D eigenvalue weighted by atomic mass is 32.2. The molecule has 0 atom stereocenters. The van der Waals surface area contributed by atoms with Gasteiger partial charge < -0.3 is 5.32 Å². The molecule has 0 amide bonds. The lowest BCUT2D eigenvalue weighted by molar-refractivity contribution is 0.431. The topological polar surface area (TPSA) is 12.0 Å². The Morgan fingerprint density at radius 1 is 1.15 bits per heavy atom. The normalized spacial score (nSPS) is 20.1. The Hall–Kier alpha value is 0.310. The van der Waals surface area contributed by atoms with Crippen LogP contribution in [0, 0.1) is 5.92 Å². The molecule has 0 bridgehead atoms. The van der Waals surface area contributed by atoms with E-state index in [1.807, 2.05) is 11.8 Å². The molecule has 0 unspecified atom stereocenters. The monoisotopic (exact) mass is 201 g/mol. The lowest BCUT2D eigenvalue weighted by atomic mass is 10.0. The Bertz CT molecular complexity index is 109. The van der Waals surface area contributed by atoms with Crippen molar-refractivity contribution in [2.75, 3.05) is 25.1 Å². The van der Waals surface area contributed by atoms with E-state index in [1.165, 1.54) is 57.4 Å². The third kappa shape index (κ3) is 5.58. The average molecular weight is 201 g/mol. The molecular formula is C11H23NS. The van der Waals surface area contributed by atoms with Crippen molar-refractivity contribution in [3.63, 3.8) is 0 Å². The van der Waals surface area contributed by atoms with E-state index in [1.54, 1.807) is 0 Å². The van der Waals surface area contributed by atoms with Gasteiger partial charge in [0.25, 0.3) is 0 Å². The fourth-order valence-corrected chi connectivity index (χ4v) is 2.40. The molecule has 0 heterocycles. The van der Waals surface area contributed by atoms with Crippen LogP contribution in [0.1, 0.15) is 38.5 Å². The van der Waals surface area contributed by atoms with Crippen molar-refractivity contribution >= 4 is 11.8 Å². The summed E-state index contributed by atoms with van der Waals surface area (Å²) in [6, 6.07) is 0. The molecule has 0 radical (unpaired) electrons. The molecule has 13 heavy (non-hydrogen) atoms. The summed E-state index contributed by atoms with van der Waals surface area (Å²) in [5, 5.41) is 3.56. The van der Waals surface area contributed by atoms with Gasteiger partial charge in [0.2, 0.25) is 0 Å². The molecule has 0 aliphatic heterocycles. The Morgan fingerprint density at radius 3 is 2.46 bits per heavy atom. The molecule has 1 rings (SSSR count). The first-order valence-corrected chi connectivity index (χ1v) is 7.02. The van der Waals surface area contributed by atoms with Gasteiger partial charge in [-0.2, -0.15) is 11.8 Å². The lowest BCUT2D eigenvalue weighted by Gasteiger charge is -2.14. The predicted octanol–water partition coefficient (Wildman–Crippen LogP) is 2.91. The fourth-order valence-electron chi connectivity index (χ4n) is 2.05. The minimum atomic E-state index is 0.976. The zero-order valence-electron chi connectivity index (χ0n) is 8.85. The van der Waals surface area contributed by atoms with E-state index in [-0.39, 0.29) is 0 Å². The Labute approximate surface area is 87.1 Å². The van der Waals surface area contributed by atoms with Crippen molar-refractivity contribution < 1.29 is 0 Å². The molecule has 1 aliphatic carbocycles. The lowest BCUT2D eigenvalue weighted by Crippen LogP contribution is -2.24. The second-order valence-corrected chi connectivity index (χ2v) is 5.04. The summed E-state index contributed by atoms with van der Waals surface area (Å²) in [6.07, 6.45) is 11.0. The maximum atomic E-state index is 3.56. The first-order valence-electron chi connectivity index (χ1n) is 5.63. The van der Waals surface area contributed by atoms with Crippen LogP contribution >= 0.6 is 11.8 Å². The van der Waals surface area contributed by atoms with Gasteiger partial charge in [0.1, 0.15) is 0 Å². The summed E-state index contributed by atoms with van der Waals surface area (Å²) < 4.78 is 0. The minimum absolute atomic E-state index is 0.976. The quantitative estimate of drug-likeness (QED) is 0.542. The smallest absolute Gasteiger partial charge is 0.00553 e. The second-order valence-electron chi connectivity index (χ2n) is 4.05. The van der Waals surface area contributed by atoms with Gasteiger partial charge in [-0.05, 0) is 31.6 Å². The van der Waals surface area contributed by atoms with Gasteiger partial charge in [-0.1, -0.05) is 25.7 Å². The van der Waals surface area contributed by atoms with Crippen LogP contribution in [0.3, 0.4) is 0 Å². The van der Waals surface area contributed by atoms with Crippen LogP contribution in [-0.2, 0) is 0 Å². The standard InChI is InChI=1S/C11H23NS/c1-13-9-8-12-10-11-6-4-2-3-5-7-11/h11-12H,2-10H2,1H3. The van der Waals surface area contributed by atoms with Crippen LogP contribution in [-0.4, -0.2) is 25.1 Å². The third-order valence-electron chi connectivity index (χ3n) is 2.89. The number of hydrogen-bond acceptors (Lipinski definition) is 2. The van der Waals surface area contributed by atoms with Crippen LogP contribution in [0.15, 0.2) is 0 Å². The maximum Gasteiger partial charge on any atom is 0.00553 e. The van der Waals surface area contributed by atoms with E-state index in [0.717, 1.165) is 5.92 Å². The Morgan fingerprint density at radius 2 is 1.85 bits per heavy atom. The minimum Gasteiger partial charge on any atom is -0.316 e. The van der Waals surface area contributed by atoms with Crippen LogP contribution in [0.25, 0.3) is 0 Å². The van der Waals surface area contributed by atoms with Crippen molar-refractivity contribution in [3.05, 3.63) is 0 Å². The van der Waals surface area contributed by atoms with E-state index in [0.29, 0.717) is 0 Å². The predicted molar refractivity (Wildman–Crippen MR) is 62.4 cm³/mol. The molecule has 1 nitrogen and oxygen atoms in total. The molecule has 0 spiro atoms. The van der Waals surface area contributed by atoms with E-state index in [4.69, 9.17) is 0 Å². The van der Waals surface area contributed by atoms with Crippen LogP contribution in [0.2, 0.25) is 0 Å². The molecule has 2 heteroatoms. The number of thioether (sulfide) groups is 1. The maximum absolute atomic E-state index is 3.56. The zero-order valence-corrected chi connectivity index (χ0v) is 9.67. The fraction of sp³-hybridized carbons (Fsp3) is 1.00. The molecule has 1 aliphatic rings. The highest BCUT2D eigenvalue weighted by molar-refractivity contribution is 7.98. The molecule has 0 aromatic rings.